The SMILES string of the molecule is CC(=CC1CC1)Nc1nc(NC(C)C(F)(F)F)nc(-c2cccc(C(F)(F)F)n2)n1. The molecule has 0 aromatic carbocycles. The Kier molecular flexibility index (Phi) is 5.86. The van der Waals surface area contributed by atoms with Crippen LogP contribution in [0.1, 0.15) is 32.4 Å². The molecule has 2 N–H and O–H groups in total. The van der Waals surface area contributed by atoms with Gasteiger partial charge < -0.3 is 10.6 Å². The van der Waals surface area contributed by atoms with E-state index in [1.54, 1.807) is 6.92 Å². The lowest BCUT2D eigenvalue weighted by atomic mass is 10.3. The Balaban J connectivity index is 1.98. The van der Waals surface area contributed by atoms with E-state index < -0.39 is 30.0 Å². The summed E-state index contributed by atoms with van der Waals surface area (Å²) in [6.45, 7) is 2.60. The minimum atomic E-state index is -4.69. The third-order valence-electron chi connectivity index (χ3n) is 4.16. The third kappa shape index (κ3) is 5.80. The maximum Gasteiger partial charge on any atom is 0.433 e. The van der Waals surface area contributed by atoms with Crippen LogP contribution in [0.5, 0.6) is 0 Å². The summed E-state index contributed by atoms with van der Waals surface area (Å²) >= 11 is 0. The van der Waals surface area contributed by atoms with Crippen LogP contribution in [0.3, 0.4) is 0 Å². The number of nitrogens with zero attached hydrogens (tertiary/aromatic N) is 4. The number of rotatable bonds is 6. The van der Waals surface area contributed by atoms with Crippen LogP contribution >= 0.6 is 0 Å². The van der Waals surface area contributed by atoms with Crippen molar-refractivity contribution in [2.45, 2.75) is 45.1 Å². The van der Waals surface area contributed by atoms with E-state index >= 15 is 0 Å². The fourth-order valence-corrected chi connectivity index (χ4v) is 2.44. The number of aromatic nitrogens is 4. The first-order valence-corrected chi connectivity index (χ1v) is 9.01. The largest absolute Gasteiger partial charge is 0.433 e. The van der Waals surface area contributed by atoms with E-state index in [2.05, 4.69) is 30.6 Å². The van der Waals surface area contributed by atoms with Gasteiger partial charge in [0, 0.05) is 5.70 Å². The highest BCUT2D eigenvalue weighted by Gasteiger charge is 2.37. The lowest BCUT2D eigenvalue weighted by Gasteiger charge is -2.18. The van der Waals surface area contributed by atoms with E-state index in [1.165, 1.54) is 6.07 Å². The molecule has 0 spiro atoms. The van der Waals surface area contributed by atoms with E-state index in [0.717, 1.165) is 31.9 Å². The Bertz CT molecular complexity index is 935. The van der Waals surface area contributed by atoms with Crippen molar-refractivity contribution in [2.75, 3.05) is 10.6 Å². The lowest BCUT2D eigenvalue weighted by molar-refractivity contribution is -0.141. The van der Waals surface area contributed by atoms with Gasteiger partial charge in [-0.05, 0) is 44.7 Å². The summed E-state index contributed by atoms with van der Waals surface area (Å²) in [6.07, 6.45) is -5.27. The Morgan fingerprint density at radius 1 is 1.03 bits per heavy atom. The molecule has 0 bridgehead atoms. The van der Waals surface area contributed by atoms with Crippen LogP contribution in [0.25, 0.3) is 11.5 Å². The summed E-state index contributed by atoms with van der Waals surface area (Å²) in [4.78, 5) is 15.3. The van der Waals surface area contributed by atoms with Gasteiger partial charge in [-0.3, -0.25) is 0 Å². The molecule has 1 aliphatic carbocycles. The van der Waals surface area contributed by atoms with Crippen LogP contribution in [0.15, 0.2) is 30.0 Å². The van der Waals surface area contributed by atoms with Crippen LogP contribution in [-0.2, 0) is 6.18 Å². The maximum atomic E-state index is 13.0. The van der Waals surface area contributed by atoms with E-state index in [-0.39, 0.29) is 17.5 Å². The van der Waals surface area contributed by atoms with Crippen molar-refractivity contribution < 1.29 is 26.3 Å². The molecule has 3 rings (SSSR count). The molecule has 1 aliphatic rings. The third-order valence-corrected chi connectivity index (χ3v) is 4.16. The molecule has 0 amide bonds. The number of alkyl halides is 6. The van der Waals surface area contributed by atoms with Crippen LogP contribution in [0, 0.1) is 5.92 Å². The van der Waals surface area contributed by atoms with Crippen molar-refractivity contribution in [1.29, 1.82) is 0 Å². The highest BCUT2D eigenvalue weighted by Crippen LogP contribution is 2.32. The summed E-state index contributed by atoms with van der Waals surface area (Å²) < 4.78 is 77.6. The molecule has 1 saturated carbocycles. The minimum Gasteiger partial charge on any atom is -0.343 e. The second kappa shape index (κ2) is 8.07. The smallest absolute Gasteiger partial charge is 0.343 e. The predicted octanol–water partition coefficient (Wildman–Crippen LogP) is 5.04. The normalized spacial score (nSPS) is 16.3. The fraction of sp³-hybridized carbons (Fsp3) is 0.444. The highest BCUT2D eigenvalue weighted by molar-refractivity contribution is 5.55. The number of nitrogens with one attached hydrogen (secondary N) is 2. The van der Waals surface area contributed by atoms with Crippen molar-refractivity contribution in [3.05, 3.63) is 35.7 Å². The summed E-state index contributed by atoms with van der Waals surface area (Å²) in [6, 6.07) is 1.14. The molecule has 2 heterocycles. The number of hydrogen-bond donors (Lipinski definition) is 2. The number of hydrogen-bond acceptors (Lipinski definition) is 6. The average molecular weight is 432 g/mol. The second-order valence-electron chi connectivity index (χ2n) is 6.93. The predicted molar refractivity (Wildman–Crippen MR) is 97.3 cm³/mol. The van der Waals surface area contributed by atoms with Crippen molar-refractivity contribution in [2.24, 2.45) is 5.92 Å². The monoisotopic (exact) mass is 432 g/mol. The quantitative estimate of drug-likeness (QED) is 0.623. The number of allylic oxidation sites excluding steroid dienone is 2. The number of halogens is 6. The molecule has 2 aromatic heterocycles. The van der Waals surface area contributed by atoms with Crippen LogP contribution in [0.2, 0.25) is 0 Å². The Morgan fingerprint density at radius 3 is 2.30 bits per heavy atom. The van der Waals surface area contributed by atoms with Crippen LogP contribution in [0.4, 0.5) is 38.2 Å². The molecule has 0 aliphatic heterocycles. The van der Waals surface area contributed by atoms with Crippen LogP contribution in [-0.4, -0.2) is 32.2 Å². The Morgan fingerprint density at radius 2 is 1.70 bits per heavy atom. The zero-order valence-corrected chi connectivity index (χ0v) is 15.9. The summed E-state index contributed by atoms with van der Waals surface area (Å²) in [5.41, 5.74) is -0.749. The molecular weight excluding hydrogens is 414 g/mol. The minimum absolute atomic E-state index is 0.106. The Hall–Kier alpha value is -2.92. The van der Waals surface area contributed by atoms with Crippen molar-refractivity contribution in [3.63, 3.8) is 0 Å². The van der Waals surface area contributed by atoms with Gasteiger partial charge in [-0.25, -0.2) is 4.98 Å². The zero-order chi connectivity index (χ0) is 22.1. The second-order valence-corrected chi connectivity index (χ2v) is 6.93. The molecule has 0 radical (unpaired) electrons. The Labute approximate surface area is 167 Å². The van der Waals surface area contributed by atoms with Crippen molar-refractivity contribution in [1.82, 2.24) is 19.9 Å². The number of pyridine rings is 1. The molecule has 30 heavy (non-hydrogen) atoms. The van der Waals surface area contributed by atoms with Gasteiger partial charge in [0.25, 0.3) is 0 Å². The number of anilines is 2. The first-order chi connectivity index (χ1) is 13.9. The summed E-state index contributed by atoms with van der Waals surface area (Å²) in [5, 5.41) is 4.96. The van der Waals surface area contributed by atoms with E-state index in [1.807, 2.05) is 6.08 Å². The van der Waals surface area contributed by atoms with Gasteiger partial charge in [0.15, 0.2) is 5.82 Å². The first-order valence-electron chi connectivity index (χ1n) is 9.01. The molecule has 162 valence electrons. The fourth-order valence-electron chi connectivity index (χ4n) is 2.44. The molecule has 0 saturated heterocycles. The molecule has 1 atom stereocenters. The molecular formula is C18H18F6N6. The van der Waals surface area contributed by atoms with E-state index in [0.29, 0.717) is 11.6 Å². The van der Waals surface area contributed by atoms with Gasteiger partial charge in [0.05, 0.1) is 0 Å². The molecule has 6 nitrogen and oxygen atoms in total. The van der Waals surface area contributed by atoms with Crippen LogP contribution < -0.4 is 10.6 Å². The maximum absolute atomic E-state index is 13.0. The van der Waals surface area contributed by atoms with E-state index in [9.17, 15) is 26.3 Å². The van der Waals surface area contributed by atoms with Gasteiger partial charge in [0.2, 0.25) is 11.9 Å². The highest BCUT2D eigenvalue weighted by atomic mass is 19.4. The van der Waals surface area contributed by atoms with Gasteiger partial charge in [-0.15, -0.1) is 0 Å². The molecule has 1 fully saturated rings. The zero-order valence-electron chi connectivity index (χ0n) is 15.9. The summed E-state index contributed by atoms with van der Waals surface area (Å²) in [5.74, 6) is -0.433. The lowest BCUT2D eigenvalue weighted by Crippen LogP contribution is -2.34. The van der Waals surface area contributed by atoms with Gasteiger partial charge in [-0.1, -0.05) is 12.1 Å². The molecule has 12 heteroatoms. The van der Waals surface area contributed by atoms with Crippen molar-refractivity contribution >= 4 is 11.9 Å². The topological polar surface area (TPSA) is 75.6 Å². The first kappa shape index (κ1) is 21.8. The van der Waals surface area contributed by atoms with Gasteiger partial charge in [-0.2, -0.15) is 41.3 Å². The van der Waals surface area contributed by atoms with E-state index in [4.69, 9.17) is 0 Å². The molecule has 1 unspecified atom stereocenters. The summed E-state index contributed by atoms with van der Waals surface area (Å²) in [7, 11) is 0. The average Bonchev–Trinajstić information content (AvgIpc) is 3.44. The standard InChI is InChI=1S/C18H18F6N6/c1-9(8-11-6-7-11)25-15-28-14(12-4-3-5-13(27-12)18(22,23)24)29-16(30-15)26-10(2)17(19,20)21/h3-5,8,10-11H,6-7H2,1-2H3,(H2,25,26,28,29,30). The van der Waals surface area contributed by atoms with Gasteiger partial charge in [0.1, 0.15) is 17.4 Å². The van der Waals surface area contributed by atoms with Crippen molar-refractivity contribution in [3.8, 4) is 11.5 Å². The molecule has 2 aromatic rings. The van der Waals surface area contributed by atoms with Gasteiger partial charge >= 0.3 is 12.4 Å².